The van der Waals surface area contributed by atoms with Crippen LogP contribution in [0.4, 0.5) is 0 Å². The molecule has 1 aromatic carbocycles. The van der Waals surface area contributed by atoms with Crippen LogP contribution in [0.5, 0.6) is 0 Å². The van der Waals surface area contributed by atoms with Crippen LogP contribution in [0.25, 0.3) is 0 Å². The fourth-order valence-corrected chi connectivity index (χ4v) is 3.11. The molecule has 0 fully saturated rings. The van der Waals surface area contributed by atoms with Crippen molar-refractivity contribution < 1.29 is 4.79 Å². The predicted molar refractivity (Wildman–Crippen MR) is 91.8 cm³/mol. The molecule has 6 heteroatoms. The van der Waals surface area contributed by atoms with Crippen LogP contribution in [-0.4, -0.2) is 26.3 Å². The number of amides is 1. The molecule has 1 aliphatic heterocycles. The zero-order chi connectivity index (χ0) is 16.9. The van der Waals surface area contributed by atoms with Crippen LogP contribution in [0, 0.1) is 0 Å². The summed E-state index contributed by atoms with van der Waals surface area (Å²) in [5.41, 5.74) is 1.09. The van der Waals surface area contributed by atoms with Crippen LogP contribution in [-0.2, 0) is 30.7 Å². The Labute approximate surface area is 141 Å². The number of nitrogens with zero attached hydrogens (tertiary/aromatic N) is 3. The van der Waals surface area contributed by atoms with Gasteiger partial charge in [0.15, 0.2) is 0 Å². The van der Waals surface area contributed by atoms with Crippen molar-refractivity contribution >= 4 is 5.91 Å². The minimum Gasteiger partial charge on any atom is -0.352 e. The van der Waals surface area contributed by atoms with Gasteiger partial charge in [0.05, 0.1) is 0 Å². The number of nitrogens with one attached hydrogen (secondary N) is 1. The third-order valence-electron chi connectivity index (χ3n) is 4.44. The van der Waals surface area contributed by atoms with Crippen LogP contribution < -0.4 is 11.0 Å². The normalized spacial score (nSPS) is 14.9. The third-order valence-corrected chi connectivity index (χ3v) is 4.44. The highest BCUT2D eigenvalue weighted by Crippen LogP contribution is 2.09. The Morgan fingerprint density at radius 1 is 1.29 bits per heavy atom. The molecular weight excluding hydrogens is 304 g/mol. The highest BCUT2D eigenvalue weighted by molar-refractivity contribution is 5.75. The molecular formula is C18H24N4O2. The van der Waals surface area contributed by atoms with Gasteiger partial charge in [-0.05, 0) is 38.2 Å². The Bertz CT molecular complexity index is 748. The summed E-state index contributed by atoms with van der Waals surface area (Å²) < 4.78 is 2.98. The van der Waals surface area contributed by atoms with Gasteiger partial charge in [0.25, 0.3) is 0 Å². The molecule has 0 saturated heterocycles. The van der Waals surface area contributed by atoms with Crippen molar-refractivity contribution in [3.05, 3.63) is 52.2 Å². The van der Waals surface area contributed by atoms with E-state index in [9.17, 15) is 9.59 Å². The van der Waals surface area contributed by atoms with Gasteiger partial charge in [-0.3, -0.25) is 9.36 Å². The van der Waals surface area contributed by atoms with Crippen LogP contribution in [0.2, 0.25) is 0 Å². The second kappa shape index (κ2) is 7.47. The molecule has 1 aliphatic rings. The number of fused-ring (bicyclic) bond motifs is 1. The Morgan fingerprint density at radius 2 is 2.08 bits per heavy atom. The minimum absolute atomic E-state index is 0.00545. The van der Waals surface area contributed by atoms with Gasteiger partial charge in [0, 0.05) is 19.0 Å². The molecule has 1 N–H and O–H groups in total. The molecule has 24 heavy (non-hydrogen) atoms. The van der Waals surface area contributed by atoms with E-state index in [0.717, 1.165) is 37.9 Å². The average Bonchev–Trinajstić information content (AvgIpc) is 2.90. The Morgan fingerprint density at radius 3 is 2.83 bits per heavy atom. The van der Waals surface area contributed by atoms with Gasteiger partial charge >= 0.3 is 5.69 Å². The van der Waals surface area contributed by atoms with E-state index in [4.69, 9.17) is 0 Å². The summed E-state index contributed by atoms with van der Waals surface area (Å²) >= 11 is 0. The van der Waals surface area contributed by atoms with Gasteiger partial charge < -0.3 is 5.32 Å². The fourth-order valence-electron chi connectivity index (χ4n) is 3.11. The second-order valence-corrected chi connectivity index (χ2v) is 6.46. The molecule has 2 aromatic rings. The van der Waals surface area contributed by atoms with E-state index in [0.29, 0.717) is 6.54 Å². The van der Waals surface area contributed by atoms with E-state index >= 15 is 0 Å². The SMILES string of the molecule is CC(CCc1ccccc1)NC(=O)Cn1nc2n(c1=O)CCCC2. The lowest BCUT2D eigenvalue weighted by Crippen LogP contribution is -2.38. The van der Waals surface area contributed by atoms with E-state index < -0.39 is 0 Å². The van der Waals surface area contributed by atoms with Crippen molar-refractivity contribution in [2.24, 2.45) is 0 Å². The lowest BCUT2D eigenvalue weighted by atomic mass is 10.1. The maximum Gasteiger partial charge on any atom is 0.346 e. The number of hydrogen-bond acceptors (Lipinski definition) is 3. The fraction of sp³-hybridized carbons (Fsp3) is 0.500. The van der Waals surface area contributed by atoms with Crippen molar-refractivity contribution in [2.45, 2.75) is 58.2 Å². The van der Waals surface area contributed by atoms with Crippen LogP contribution in [0.15, 0.2) is 35.1 Å². The highest BCUT2D eigenvalue weighted by Gasteiger charge is 2.18. The summed E-state index contributed by atoms with van der Waals surface area (Å²) in [6.07, 6.45) is 4.66. The Hall–Kier alpha value is -2.37. The molecule has 0 spiro atoms. The van der Waals surface area contributed by atoms with Crippen molar-refractivity contribution in [2.75, 3.05) is 0 Å². The van der Waals surface area contributed by atoms with Crippen LogP contribution in [0.1, 0.15) is 37.6 Å². The topological polar surface area (TPSA) is 68.9 Å². The van der Waals surface area contributed by atoms with E-state index in [1.807, 2.05) is 25.1 Å². The summed E-state index contributed by atoms with van der Waals surface area (Å²) in [4.78, 5) is 24.4. The minimum atomic E-state index is -0.170. The first-order valence-corrected chi connectivity index (χ1v) is 8.63. The highest BCUT2D eigenvalue weighted by atomic mass is 16.2. The molecule has 1 amide bonds. The van der Waals surface area contributed by atoms with Gasteiger partial charge in [0.1, 0.15) is 12.4 Å². The smallest absolute Gasteiger partial charge is 0.346 e. The van der Waals surface area contributed by atoms with Gasteiger partial charge in [-0.2, -0.15) is 5.10 Å². The number of carbonyl (C=O) groups excluding carboxylic acids is 1. The van der Waals surface area contributed by atoms with Gasteiger partial charge in [-0.25, -0.2) is 9.48 Å². The van der Waals surface area contributed by atoms with Crippen molar-refractivity contribution in [3.8, 4) is 0 Å². The second-order valence-electron chi connectivity index (χ2n) is 6.46. The number of aromatic nitrogens is 3. The van der Waals surface area contributed by atoms with E-state index in [2.05, 4.69) is 22.5 Å². The van der Waals surface area contributed by atoms with Crippen LogP contribution >= 0.6 is 0 Å². The molecule has 1 atom stereocenters. The summed E-state index contributed by atoms with van der Waals surface area (Å²) in [6.45, 7) is 2.69. The summed E-state index contributed by atoms with van der Waals surface area (Å²) in [6, 6.07) is 10.3. The van der Waals surface area contributed by atoms with Crippen molar-refractivity contribution in [3.63, 3.8) is 0 Å². The predicted octanol–water partition coefficient (Wildman–Crippen LogP) is 1.52. The maximum absolute atomic E-state index is 12.2. The number of benzene rings is 1. The number of carbonyl (C=O) groups is 1. The molecule has 6 nitrogen and oxygen atoms in total. The first kappa shape index (κ1) is 16.5. The molecule has 2 heterocycles. The van der Waals surface area contributed by atoms with E-state index in [-0.39, 0.29) is 24.2 Å². The van der Waals surface area contributed by atoms with Gasteiger partial charge in [-0.1, -0.05) is 30.3 Å². The zero-order valence-electron chi connectivity index (χ0n) is 14.1. The van der Waals surface area contributed by atoms with Gasteiger partial charge in [0.2, 0.25) is 5.91 Å². The standard InChI is InChI=1S/C18H24N4O2/c1-14(10-11-15-7-3-2-4-8-15)19-17(23)13-22-18(24)21-12-6-5-9-16(21)20-22/h2-4,7-8,14H,5-6,9-13H2,1H3,(H,19,23). The largest absolute Gasteiger partial charge is 0.352 e. The number of rotatable bonds is 6. The first-order valence-electron chi connectivity index (χ1n) is 8.63. The van der Waals surface area contributed by atoms with Crippen molar-refractivity contribution in [1.82, 2.24) is 19.7 Å². The molecule has 0 radical (unpaired) electrons. The van der Waals surface area contributed by atoms with E-state index in [1.165, 1.54) is 10.2 Å². The monoisotopic (exact) mass is 328 g/mol. The van der Waals surface area contributed by atoms with E-state index in [1.54, 1.807) is 4.57 Å². The lowest BCUT2D eigenvalue weighted by Gasteiger charge is -2.13. The molecule has 1 aromatic heterocycles. The number of hydrogen-bond donors (Lipinski definition) is 1. The third kappa shape index (κ3) is 3.93. The zero-order valence-corrected chi connectivity index (χ0v) is 14.1. The summed E-state index contributed by atoms with van der Waals surface area (Å²) in [5, 5.41) is 7.26. The van der Waals surface area contributed by atoms with Crippen LogP contribution in [0.3, 0.4) is 0 Å². The molecule has 0 bridgehead atoms. The molecule has 3 rings (SSSR count). The molecule has 128 valence electrons. The maximum atomic E-state index is 12.2. The number of aryl methyl sites for hydroxylation is 2. The lowest BCUT2D eigenvalue weighted by molar-refractivity contribution is -0.122. The molecule has 0 saturated carbocycles. The quantitative estimate of drug-likeness (QED) is 0.874. The summed E-state index contributed by atoms with van der Waals surface area (Å²) in [5.74, 6) is 0.643. The molecule has 0 aliphatic carbocycles. The Balaban J connectivity index is 1.52. The molecule has 1 unspecified atom stereocenters. The first-order chi connectivity index (χ1) is 11.6. The van der Waals surface area contributed by atoms with Gasteiger partial charge in [-0.15, -0.1) is 0 Å². The van der Waals surface area contributed by atoms with Crippen molar-refractivity contribution in [1.29, 1.82) is 0 Å². The average molecular weight is 328 g/mol. The summed E-state index contributed by atoms with van der Waals surface area (Å²) in [7, 11) is 0. The Kier molecular flexibility index (Phi) is 5.13.